The minimum atomic E-state index is -1.26. The summed E-state index contributed by atoms with van der Waals surface area (Å²) in [7, 11) is 0. The third-order valence-corrected chi connectivity index (χ3v) is 8.63. The lowest BCUT2D eigenvalue weighted by molar-refractivity contribution is -0.384. The lowest BCUT2D eigenvalue weighted by atomic mass is 10.0. The summed E-state index contributed by atoms with van der Waals surface area (Å²) in [6.07, 6.45) is 12.4. The van der Waals surface area contributed by atoms with Crippen LogP contribution in [0.3, 0.4) is 0 Å². The number of benzene rings is 3. The van der Waals surface area contributed by atoms with E-state index in [0.29, 0.717) is 28.8 Å². The van der Waals surface area contributed by atoms with Crippen molar-refractivity contribution >= 4 is 34.3 Å². The van der Waals surface area contributed by atoms with Gasteiger partial charge in [0.05, 0.1) is 39.3 Å². The number of aromatic amines is 1. The predicted molar refractivity (Wildman–Crippen MR) is 203 cm³/mol. The number of aliphatic carboxylic acids is 1. The summed E-state index contributed by atoms with van der Waals surface area (Å²) in [5, 5.41) is 48.9. The number of esters is 1. The summed E-state index contributed by atoms with van der Waals surface area (Å²) in [6, 6.07) is 13.7. The van der Waals surface area contributed by atoms with Gasteiger partial charge in [-0.1, -0.05) is 82.6 Å². The molecule has 16 nitrogen and oxygen atoms in total. The number of rotatable bonds is 19. The van der Waals surface area contributed by atoms with Crippen molar-refractivity contribution < 1.29 is 39.0 Å². The van der Waals surface area contributed by atoms with Gasteiger partial charge in [0.15, 0.2) is 0 Å². The normalized spacial score (nSPS) is 10.7. The summed E-state index contributed by atoms with van der Waals surface area (Å²) in [5.74, 6) is -2.68. The number of non-ortho nitro benzene ring substituents is 1. The smallest absolute Gasteiger partial charge is 0.322 e. The van der Waals surface area contributed by atoms with Crippen molar-refractivity contribution in [3.8, 4) is 23.1 Å². The zero-order valence-electron chi connectivity index (χ0n) is 31.2. The number of nitrogens with zero attached hydrogens (tertiary/aromatic N) is 5. The fraction of sp³-hybridized carbons (Fsp3) is 0.385. The van der Waals surface area contributed by atoms with Crippen molar-refractivity contribution in [1.29, 1.82) is 0 Å². The molecule has 0 fully saturated rings. The fourth-order valence-electron chi connectivity index (χ4n) is 5.79. The lowest BCUT2D eigenvalue weighted by Crippen LogP contribution is -2.29. The number of hydrogen-bond acceptors (Lipinski definition) is 11. The number of H-pyrrole nitrogens is 1. The van der Waals surface area contributed by atoms with Crippen LogP contribution in [0.2, 0.25) is 0 Å². The number of aryl methyl sites for hydroxylation is 2. The number of carbonyl (C=O) groups is 3. The topological polar surface area (TPSA) is 225 Å². The molecule has 292 valence electrons. The van der Waals surface area contributed by atoms with Crippen LogP contribution in [0, 0.1) is 17.0 Å². The summed E-state index contributed by atoms with van der Waals surface area (Å²) in [4.78, 5) is 46.9. The predicted octanol–water partition coefficient (Wildman–Crippen LogP) is 7.50. The minimum Gasteiger partial charge on any atom is -0.506 e. The number of fused-ring (bicyclic) bond motifs is 1. The lowest BCUT2D eigenvalue weighted by Gasteiger charge is -2.16. The number of unbranched alkanes of at least 4 members (excludes halogenated alkanes) is 8. The first-order valence-corrected chi connectivity index (χ1v) is 18.2. The number of carbonyl (C=O) groups excluding carboxylic acids is 2. The molecule has 0 aliphatic rings. The molecule has 55 heavy (non-hydrogen) atoms. The van der Waals surface area contributed by atoms with Gasteiger partial charge < -0.3 is 25.0 Å². The van der Waals surface area contributed by atoms with E-state index in [1.165, 1.54) is 74.0 Å². The standard InChI is InChI=1S/C36H42N4O9.C3H5N3/c1-3-4-5-6-7-8-9-10-11-16-31-30(23-48-24(2)41)36(39(38-31)25-17-19-26(20-18-25)40(46)47)49-32-21-29(35(45)37-22-33(42)43)34(44)28-15-13-12-14-27(28)32;1-3-2-4-6-5-3/h12-15,17-21,44H,3-11,16,22-23H2,1-2H3,(H,37,45)(H,42,43);2H,1H3,(H,4,5,6). The van der Waals surface area contributed by atoms with Crippen molar-refractivity contribution in [2.24, 2.45) is 0 Å². The maximum atomic E-state index is 13.0. The Bertz CT molecular complexity index is 2040. The summed E-state index contributed by atoms with van der Waals surface area (Å²) >= 11 is 0. The van der Waals surface area contributed by atoms with Crippen molar-refractivity contribution in [3.63, 3.8) is 0 Å². The summed E-state index contributed by atoms with van der Waals surface area (Å²) in [6.45, 7) is 4.53. The second kappa shape index (κ2) is 20.8. The monoisotopic (exact) mass is 757 g/mol. The second-order valence-corrected chi connectivity index (χ2v) is 12.9. The van der Waals surface area contributed by atoms with E-state index >= 15 is 0 Å². The van der Waals surface area contributed by atoms with Crippen LogP contribution in [0.1, 0.15) is 98.9 Å². The molecule has 0 saturated carbocycles. The van der Waals surface area contributed by atoms with Crippen molar-refractivity contribution in [1.82, 2.24) is 30.5 Å². The Hall–Kier alpha value is -6.32. The highest BCUT2D eigenvalue weighted by Crippen LogP contribution is 2.40. The van der Waals surface area contributed by atoms with Gasteiger partial charge in [0.2, 0.25) is 5.88 Å². The van der Waals surface area contributed by atoms with E-state index in [-0.39, 0.29) is 40.6 Å². The molecular weight excluding hydrogens is 710 g/mol. The highest BCUT2D eigenvalue weighted by molar-refractivity contribution is 6.06. The third-order valence-electron chi connectivity index (χ3n) is 8.63. The average Bonchev–Trinajstić information content (AvgIpc) is 3.79. The molecule has 4 N–H and O–H groups in total. The number of carboxylic acids is 1. The van der Waals surface area contributed by atoms with Crippen LogP contribution in [0.5, 0.6) is 17.4 Å². The number of nitro benzene ring substituents is 1. The van der Waals surface area contributed by atoms with Gasteiger partial charge in [0, 0.05) is 29.8 Å². The van der Waals surface area contributed by atoms with Gasteiger partial charge >= 0.3 is 11.9 Å². The Labute approximate surface area is 318 Å². The Morgan fingerprint density at radius 2 is 1.62 bits per heavy atom. The van der Waals surface area contributed by atoms with Crippen LogP contribution in [-0.2, 0) is 27.4 Å². The van der Waals surface area contributed by atoms with E-state index in [1.807, 2.05) is 6.92 Å². The van der Waals surface area contributed by atoms with Crippen molar-refractivity contribution in [2.75, 3.05) is 6.54 Å². The Balaban J connectivity index is 0.00000102. The van der Waals surface area contributed by atoms with Gasteiger partial charge in [0.25, 0.3) is 11.6 Å². The number of aromatic hydroxyl groups is 1. The minimum absolute atomic E-state index is 0.116. The van der Waals surface area contributed by atoms with E-state index in [4.69, 9.17) is 19.7 Å². The number of amides is 1. The maximum absolute atomic E-state index is 13.0. The summed E-state index contributed by atoms with van der Waals surface area (Å²) < 4.78 is 13.4. The molecule has 2 heterocycles. The highest BCUT2D eigenvalue weighted by atomic mass is 16.6. The molecular formula is C39H47N7O9. The van der Waals surface area contributed by atoms with Crippen LogP contribution < -0.4 is 10.1 Å². The Morgan fingerprint density at radius 1 is 0.964 bits per heavy atom. The van der Waals surface area contributed by atoms with Gasteiger partial charge in [-0.15, -0.1) is 0 Å². The second-order valence-electron chi connectivity index (χ2n) is 12.9. The molecule has 5 rings (SSSR count). The SMILES string of the molecule is CCCCCCCCCCCc1nn(-c2ccc([N+](=O)[O-])cc2)c(Oc2cc(C(=O)NCC(=O)O)c(O)c3ccccc23)c1COC(C)=O.Cc1cn[nH]n1. The van der Waals surface area contributed by atoms with Gasteiger partial charge in [-0.25, -0.2) is 4.68 Å². The molecule has 16 heteroatoms. The number of aromatic nitrogens is 5. The first kappa shape index (κ1) is 41.4. The molecule has 3 aromatic carbocycles. The molecule has 0 saturated heterocycles. The largest absolute Gasteiger partial charge is 0.506 e. The molecule has 0 spiro atoms. The molecule has 2 aromatic heterocycles. The fourth-order valence-corrected chi connectivity index (χ4v) is 5.79. The molecule has 0 aliphatic heterocycles. The molecule has 0 bridgehead atoms. The number of phenols is 1. The molecule has 5 aromatic rings. The zero-order chi connectivity index (χ0) is 39.7. The highest BCUT2D eigenvalue weighted by Gasteiger charge is 2.25. The molecule has 0 radical (unpaired) electrons. The zero-order valence-corrected chi connectivity index (χ0v) is 31.2. The first-order valence-electron chi connectivity index (χ1n) is 18.2. The van der Waals surface area contributed by atoms with Gasteiger partial charge in [0.1, 0.15) is 24.7 Å². The van der Waals surface area contributed by atoms with Gasteiger partial charge in [-0.2, -0.15) is 20.5 Å². The van der Waals surface area contributed by atoms with Crippen LogP contribution >= 0.6 is 0 Å². The third kappa shape index (κ3) is 12.1. The number of hydrogen-bond donors (Lipinski definition) is 4. The Morgan fingerprint density at radius 3 is 2.18 bits per heavy atom. The molecule has 0 unspecified atom stereocenters. The van der Waals surface area contributed by atoms with Crippen molar-refractivity contribution in [3.05, 3.63) is 93.4 Å². The molecule has 1 amide bonds. The van der Waals surface area contributed by atoms with Crippen LogP contribution in [0.4, 0.5) is 5.69 Å². The van der Waals surface area contributed by atoms with Crippen LogP contribution in [0.15, 0.2) is 60.8 Å². The van der Waals surface area contributed by atoms with E-state index < -0.39 is 29.3 Å². The van der Waals surface area contributed by atoms with Gasteiger partial charge in [-0.3, -0.25) is 24.5 Å². The summed E-state index contributed by atoms with van der Waals surface area (Å²) in [5.41, 5.74) is 2.12. The van der Waals surface area contributed by atoms with E-state index in [0.717, 1.165) is 31.4 Å². The molecule has 0 atom stereocenters. The van der Waals surface area contributed by atoms with E-state index in [9.17, 15) is 29.6 Å². The number of nitro groups is 1. The van der Waals surface area contributed by atoms with Crippen LogP contribution in [-0.4, -0.2) is 64.7 Å². The number of ether oxygens (including phenoxy) is 2. The number of nitrogens with one attached hydrogen (secondary N) is 2. The van der Waals surface area contributed by atoms with Crippen LogP contribution in [0.25, 0.3) is 16.5 Å². The molecule has 0 aliphatic carbocycles. The number of carboxylic acid groups (broad SMARTS) is 1. The first-order chi connectivity index (χ1) is 26.5. The van der Waals surface area contributed by atoms with E-state index in [2.05, 4.69) is 27.7 Å². The quantitative estimate of drug-likeness (QED) is 0.0278. The maximum Gasteiger partial charge on any atom is 0.322 e. The Kier molecular flexibility index (Phi) is 15.7. The average molecular weight is 758 g/mol. The number of phenolic OH excluding ortho intramolecular Hbond substituents is 1. The van der Waals surface area contributed by atoms with E-state index in [1.54, 1.807) is 30.5 Å². The van der Waals surface area contributed by atoms with Gasteiger partial charge in [-0.05, 0) is 38.0 Å². The van der Waals surface area contributed by atoms with Crippen molar-refractivity contribution in [2.45, 2.75) is 91.6 Å².